The third-order valence-electron chi connectivity index (χ3n) is 14.5. The fourth-order valence-electron chi connectivity index (χ4n) is 11.1. The molecular formula is C60H43BCl2F2N3O5+. The molecule has 0 saturated heterocycles. The van der Waals surface area contributed by atoms with Gasteiger partial charge in [-0.2, -0.15) is 0 Å². The zero-order valence-electron chi connectivity index (χ0n) is 39.4. The number of esters is 1. The Morgan fingerprint density at radius 3 is 2.15 bits per heavy atom. The maximum Gasteiger partial charge on any atom is 0.935 e. The molecular weight excluding hydrogens is 962 g/mol. The van der Waals surface area contributed by atoms with Crippen LogP contribution in [-0.4, -0.2) is 47.8 Å². The average molecular weight is 1010 g/mol. The third-order valence-corrected chi connectivity index (χ3v) is 15.1. The van der Waals surface area contributed by atoms with Crippen molar-refractivity contribution in [1.29, 1.82) is 0 Å². The molecule has 8 aromatic rings. The van der Waals surface area contributed by atoms with Crippen LogP contribution in [0.15, 0.2) is 157 Å². The van der Waals surface area contributed by atoms with E-state index in [4.69, 9.17) is 32.7 Å². The van der Waals surface area contributed by atoms with Crippen molar-refractivity contribution in [3.05, 3.63) is 217 Å². The SMILES string of the molecule is CN(C(=O)c1ccc2c3c(ccc(C=O)c13)-c1ccccc1O2)c1ccc(CC(=O)Oc2cc(Cl)c(/C(=C3\C=C4CCCc5ccccc5C4=[N+]3B(F)F)c3cc4c([nH]3)-c3ccccc3CCC4)c(Cl)c2)cc1. The van der Waals surface area contributed by atoms with E-state index in [-0.39, 0.29) is 33.8 Å². The maximum atomic E-state index is 15.8. The van der Waals surface area contributed by atoms with Gasteiger partial charge in [-0.05, 0) is 109 Å². The van der Waals surface area contributed by atoms with Gasteiger partial charge in [-0.1, -0.05) is 108 Å². The molecule has 12 rings (SSSR count). The van der Waals surface area contributed by atoms with Crippen LogP contribution in [-0.2, 0) is 30.5 Å². The van der Waals surface area contributed by atoms with E-state index in [9.17, 15) is 14.4 Å². The molecule has 2 aliphatic carbocycles. The number of amides is 1. The third kappa shape index (κ3) is 8.08. The van der Waals surface area contributed by atoms with Crippen LogP contribution in [0.5, 0.6) is 17.2 Å². The number of H-pyrrole nitrogens is 1. The molecule has 3 heterocycles. The topological polar surface area (TPSA) is 91.7 Å². The number of rotatable bonds is 9. The van der Waals surface area contributed by atoms with Gasteiger partial charge in [0, 0.05) is 86.4 Å². The Labute approximate surface area is 430 Å². The molecule has 0 saturated carbocycles. The molecule has 0 atom stereocenters. The van der Waals surface area contributed by atoms with Crippen molar-refractivity contribution >= 4 is 76.5 Å². The van der Waals surface area contributed by atoms with Crippen LogP contribution in [0.3, 0.4) is 0 Å². The summed E-state index contributed by atoms with van der Waals surface area (Å²) in [6.45, 7) is 0. The van der Waals surface area contributed by atoms with E-state index in [1.54, 1.807) is 49.5 Å². The number of carbonyl (C=O) groups is 3. The van der Waals surface area contributed by atoms with Gasteiger partial charge in [-0.25, -0.2) is 13.1 Å². The number of aromatic nitrogens is 1. The minimum absolute atomic E-state index is 0.0832. The summed E-state index contributed by atoms with van der Waals surface area (Å²) < 4.78 is 44.9. The van der Waals surface area contributed by atoms with Gasteiger partial charge in [0.05, 0.1) is 27.7 Å². The molecule has 13 heteroatoms. The van der Waals surface area contributed by atoms with Crippen molar-refractivity contribution < 1.29 is 37.0 Å². The van der Waals surface area contributed by atoms with E-state index in [1.807, 2.05) is 78.9 Å². The van der Waals surface area contributed by atoms with Crippen molar-refractivity contribution in [2.45, 2.75) is 44.9 Å². The molecule has 1 aromatic heterocycles. The highest BCUT2D eigenvalue weighted by Gasteiger charge is 2.48. The summed E-state index contributed by atoms with van der Waals surface area (Å²) in [5.74, 6) is 0.396. The molecule has 0 bridgehead atoms. The quantitative estimate of drug-likeness (QED) is 0.0673. The average Bonchev–Trinajstić information content (AvgIpc) is 3.88. The fraction of sp³-hybridized carbons (Fsp3) is 0.133. The Kier molecular flexibility index (Phi) is 11.8. The molecule has 0 fully saturated rings. The van der Waals surface area contributed by atoms with Gasteiger partial charge in [-0.3, -0.25) is 14.4 Å². The Hall–Kier alpha value is -7.86. The highest BCUT2D eigenvalue weighted by molar-refractivity contribution is 6.39. The first-order valence-corrected chi connectivity index (χ1v) is 25.0. The van der Waals surface area contributed by atoms with Crippen molar-refractivity contribution in [1.82, 2.24) is 4.98 Å². The van der Waals surface area contributed by atoms with Crippen molar-refractivity contribution in [2.75, 3.05) is 11.9 Å². The van der Waals surface area contributed by atoms with Crippen molar-refractivity contribution in [2.24, 2.45) is 0 Å². The number of hydrogen-bond donors (Lipinski definition) is 1. The van der Waals surface area contributed by atoms with E-state index < -0.39 is 13.4 Å². The van der Waals surface area contributed by atoms with Gasteiger partial charge in [0.25, 0.3) is 5.91 Å². The normalized spacial score (nSPS) is 14.8. The minimum Gasteiger partial charge on any atom is -0.456 e. The monoisotopic (exact) mass is 1000 g/mol. The zero-order valence-corrected chi connectivity index (χ0v) is 40.9. The lowest BCUT2D eigenvalue weighted by atomic mass is 9.89. The largest absolute Gasteiger partial charge is 0.935 e. The standard InChI is InChI=1S/C60H42BCl2F2N3O5/c1-67(60(71)46-26-27-52-55-45(25-22-39(33-69)54(46)55)44-18-6-7-19-51(44)73-52)40-23-20-34(21-24-40)28-53(70)72-41-31-47(62)56(48(63)32-41)57(49-29-37-14-8-12-35-10-2-4-16-42(35)58(37)66-49)50-30-38-15-9-13-36-11-3-5-17-43(36)59(38)68(50)61(64)65/h2-7,10-11,16-27,29-33H,8-9,12-15,28H2,1H3/p+1. The first kappa shape index (κ1) is 46.2. The van der Waals surface area contributed by atoms with E-state index in [1.165, 1.54) is 22.6 Å². The summed E-state index contributed by atoms with van der Waals surface area (Å²) in [5, 5.41) is 1.41. The summed E-state index contributed by atoms with van der Waals surface area (Å²) in [4.78, 5) is 45.4. The molecule has 358 valence electrons. The molecule has 1 N–H and O–H groups in total. The predicted molar refractivity (Wildman–Crippen MR) is 284 cm³/mol. The van der Waals surface area contributed by atoms with Gasteiger partial charge < -0.3 is 19.4 Å². The lowest BCUT2D eigenvalue weighted by molar-refractivity contribution is -0.340. The Balaban J connectivity index is 0.845. The molecule has 0 unspecified atom stereocenters. The number of aryl methyl sites for hydroxylation is 3. The number of aldehydes is 1. The van der Waals surface area contributed by atoms with Crippen molar-refractivity contribution in [3.8, 4) is 39.6 Å². The number of nitrogens with one attached hydrogen (secondary N) is 1. The highest BCUT2D eigenvalue weighted by atomic mass is 35.5. The predicted octanol–water partition coefficient (Wildman–Crippen LogP) is 14.1. The second-order valence-electron chi connectivity index (χ2n) is 18.8. The Morgan fingerprint density at radius 1 is 0.740 bits per heavy atom. The summed E-state index contributed by atoms with van der Waals surface area (Å²) >= 11 is 14.4. The maximum absolute atomic E-state index is 15.8. The number of fused-ring (bicyclic) bond motifs is 8. The smallest absolute Gasteiger partial charge is 0.456 e. The number of ether oxygens (including phenoxy) is 2. The summed E-state index contributed by atoms with van der Waals surface area (Å²) in [6.07, 6.45) is 7.26. The number of benzene rings is 7. The number of allylic oxidation sites excluding steroid dienone is 2. The van der Waals surface area contributed by atoms with Gasteiger partial charge in [-0.15, -0.1) is 0 Å². The molecule has 73 heavy (non-hydrogen) atoms. The molecule has 8 nitrogen and oxygen atoms in total. The van der Waals surface area contributed by atoms with Crippen LogP contribution in [0.4, 0.5) is 14.3 Å². The van der Waals surface area contributed by atoms with Crippen LogP contribution in [0.2, 0.25) is 10.0 Å². The van der Waals surface area contributed by atoms with Gasteiger partial charge in [0.2, 0.25) is 0 Å². The van der Waals surface area contributed by atoms with Gasteiger partial charge in [0.1, 0.15) is 17.2 Å². The van der Waals surface area contributed by atoms with E-state index in [0.717, 1.165) is 87.5 Å². The number of aromatic amines is 1. The second kappa shape index (κ2) is 18.6. The van der Waals surface area contributed by atoms with Crippen LogP contribution in [0.25, 0.3) is 38.7 Å². The summed E-state index contributed by atoms with van der Waals surface area (Å²) in [6, 6.07) is 42.6. The van der Waals surface area contributed by atoms with Gasteiger partial charge >= 0.3 is 13.4 Å². The van der Waals surface area contributed by atoms with Crippen molar-refractivity contribution in [3.63, 3.8) is 0 Å². The molecule has 7 aromatic carbocycles. The lowest BCUT2D eigenvalue weighted by Gasteiger charge is -2.24. The summed E-state index contributed by atoms with van der Waals surface area (Å²) in [7, 11) is -1.26. The minimum atomic E-state index is -2.91. The molecule has 0 spiro atoms. The first-order valence-electron chi connectivity index (χ1n) is 24.2. The van der Waals surface area contributed by atoms with E-state index in [2.05, 4.69) is 17.1 Å². The van der Waals surface area contributed by atoms with Gasteiger partial charge in [0.15, 0.2) is 17.7 Å². The van der Waals surface area contributed by atoms with Crippen LogP contribution in [0.1, 0.15) is 79.1 Å². The number of hydrogen-bond acceptors (Lipinski definition) is 5. The summed E-state index contributed by atoms with van der Waals surface area (Å²) in [5.41, 5.74) is 12.5. The van der Waals surface area contributed by atoms with E-state index in [0.29, 0.717) is 73.6 Å². The molecule has 4 aliphatic rings. The zero-order chi connectivity index (χ0) is 50.1. The number of anilines is 1. The highest BCUT2D eigenvalue weighted by Crippen LogP contribution is 2.49. The van der Waals surface area contributed by atoms with Crippen LogP contribution in [0, 0.1) is 0 Å². The molecule has 2 aliphatic heterocycles. The molecule has 0 radical (unpaired) electrons. The number of carbonyl (C=O) groups excluding carboxylic acids is 3. The molecule has 1 amide bonds. The van der Waals surface area contributed by atoms with Crippen LogP contribution >= 0.6 is 23.2 Å². The number of para-hydroxylation sites is 1. The number of halogens is 4. The Morgan fingerprint density at radius 2 is 1.41 bits per heavy atom. The number of nitrogens with zero attached hydrogens (tertiary/aromatic N) is 2. The second-order valence-corrected chi connectivity index (χ2v) is 19.6. The van der Waals surface area contributed by atoms with E-state index >= 15 is 8.63 Å². The fourth-order valence-corrected chi connectivity index (χ4v) is 11.8. The lowest BCUT2D eigenvalue weighted by Crippen LogP contribution is -2.27. The van der Waals surface area contributed by atoms with Crippen LogP contribution < -0.4 is 14.4 Å². The Bertz CT molecular complexity index is 3740. The first-order chi connectivity index (χ1) is 35.5.